The summed E-state index contributed by atoms with van der Waals surface area (Å²) in [5, 5.41) is 3.55. The van der Waals surface area contributed by atoms with E-state index in [1.807, 2.05) is 19.2 Å². The summed E-state index contributed by atoms with van der Waals surface area (Å²) in [4.78, 5) is 2.18. The van der Waals surface area contributed by atoms with Crippen LogP contribution in [0, 0.1) is 5.82 Å². The van der Waals surface area contributed by atoms with Gasteiger partial charge in [-0.2, -0.15) is 0 Å². The van der Waals surface area contributed by atoms with Crippen LogP contribution in [0.15, 0.2) is 24.3 Å². The molecular weight excluding hydrogens is 239 g/mol. The summed E-state index contributed by atoms with van der Waals surface area (Å²) in [5.74, 6) is -0.122. The van der Waals surface area contributed by atoms with Gasteiger partial charge in [0.2, 0.25) is 0 Å². The number of rotatable bonds is 7. The van der Waals surface area contributed by atoms with Gasteiger partial charge in [0.25, 0.3) is 0 Å². The Kier molecular flexibility index (Phi) is 5.95. The number of nitrogens with zero attached hydrogens (tertiary/aromatic N) is 1. The minimum Gasteiger partial charge on any atom is -0.310 e. The SMILES string of the molecule is CCC(C)(C)NCC(C)N(C)Cc1ccccc1F. The van der Waals surface area contributed by atoms with Crippen LogP contribution in [-0.2, 0) is 6.54 Å². The molecule has 0 fully saturated rings. The van der Waals surface area contributed by atoms with Gasteiger partial charge in [0, 0.05) is 30.2 Å². The Morgan fingerprint density at radius 1 is 1.32 bits per heavy atom. The third kappa shape index (κ3) is 5.29. The van der Waals surface area contributed by atoms with Crippen molar-refractivity contribution in [1.82, 2.24) is 10.2 Å². The van der Waals surface area contributed by atoms with Crippen LogP contribution >= 0.6 is 0 Å². The van der Waals surface area contributed by atoms with E-state index in [1.54, 1.807) is 6.07 Å². The van der Waals surface area contributed by atoms with Crippen molar-refractivity contribution in [2.75, 3.05) is 13.6 Å². The normalized spacial score (nSPS) is 13.8. The van der Waals surface area contributed by atoms with E-state index in [0.717, 1.165) is 18.5 Å². The molecule has 108 valence electrons. The molecule has 0 bridgehead atoms. The molecule has 0 aliphatic heterocycles. The Bertz CT molecular complexity index is 390. The molecule has 1 atom stereocenters. The number of benzene rings is 1. The van der Waals surface area contributed by atoms with E-state index in [2.05, 4.69) is 37.9 Å². The molecule has 19 heavy (non-hydrogen) atoms. The summed E-state index contributed by atoms with van der Waals surface area (Å²) < 4.78 is 13.6. The van der Waals surface area contributed by atoms with Gasteiger partial charge in [-0.05, 0) is 40.3 Å². The standard InChI is InChI=1S/C16H27FN2/c1-6-16(3,4)18-11-13(2)19(5)12-14-9-7-8-10-15(14)17/h7-10,13,18H,6,11-12H2,1-5H3. The Morgan fingerprint density at radius 2 is 1.95 bits per heavy atom. The first-order valence-corrected chi connectivity index (χ1v) is 7.04. The summed E-state index contributed by atoms with van der Waals surface area (Å²) in [6.45, 7) is 10.3. The summed E-state index contributed by atoms with van der Waals surface area (Å²) in [6, 6.07) is 7.35. The van der Waals surface area contributed by atoms with Crippen LogP contribution in [0.3, 0.4) is 0 Å². The molecule has 3 heteroatoms. The number of halogens is 1. The van der Waals surface area contributed by atoms with E-state index in [9.17, 15) is 4.39 Å². The third-order valence-electron chi connectivity index (χ3n) is 3.89. The second kappa shape index (κ2) is 7.01. The summed E-state index contributed by atoms with van der Waals surface area (Å²) in [7, 11) is 2.04. The van der Waals surface area contributed by atoms with E-state index in [-0.39, 0.29) is 11.4 Å². The van der Waals surface area contributed by atoms with Crippen LogP contribution in [0.4, 0.5) is 4.39 Å². The molecule has 1 aromatic carbocycles. The predicted molar refractivity (Wildman–Crippen MR) is 79.7 cm³/mol. The van der Waals surface area contributed by atoms with E-state index in [0.29, 0.717) is 12.6 Å². The zero-order chi connectivity index (χ0) is 14.5. The predicted octanol–water partition coefficient (Wildman–Crippen LogP) is 3.42. The Balaban J connectivity index is 2.49. The van der Waals surface area contributed by atoms with Crippen molar-refractivity contribution in [2.45, 2.75) is 52.2 Å². The average Bonchev–Trinajstić information content (AvgIpc) is 2.38. The second-order valence-corrected chi connectivity index (χ2v) is 5.97. The van der Waals surface area contributed by atoms with Gasteiger partial charge in [0.1, 0.15) is 5.82 Å². The summed E-state index contributed by atoms with van der Waals surface area (Å²) in [5.41, 5.74) is 0.916. The third-order valence-corrected chi connectivity index (χ3v) is 3.89. The van der Waals surface area contributed by atoms with Crippen molar-refractivity contribution < 1.29 is 4.39 Å². The number of hydrogen-bond donors (Lipinski definition) is 1. The van der Waals surface area contributed by atoms with Gasteiger partial charge in [0.15, 0.2) is 0 Å². The lowest BCUT2D eigenvalue weighted by molar-refractivity contribution is 0.221. The van der Waals surface area contributed by atoms with Crippen LogP contribution in [0.5, 0.6) is 0 Å². The topological polar surface area (TPSA) is 15.3 Å². The lowest BCUT2D eigenvalue weighted by Gasteiger charge is -2.31. The zero-order valence-corrected chi connectivity index (χ0v) is 12.8. The molecule has 0 aliphatic carbocycles. The number of hydrogen-bond acceptors (Lipinski definition) is 2. The molecule has 1 rings (SSSR count). The first-order valence-electron chi connectivity index (χ1n) is 7.04. The van der Waals surface area contributed by atoms with Crippen molar-refractivity contribution in [3.63, 3.8) is 0 Å². The number of nitrogens with one attached hydrogen (secondary N) is 1. The quantitative estimate of drug-likeness (QED) is 0.813. The molecule has 0 radical (unpaired) electrons. The molecule has 2 nitrogen and oxygen atoms in total. The highest BCUT2D eigenvalue weighted by Gasteiger charge is 2.17. The largest absolute Gasteiger partial charge is 0.310 e. The molecule has 0 spiro atoms. The minimum atomic E-state index is -0.122. The lowest BCUT2D eigenvalue weighted by Crippen LogP contribution is -2.46. The van der Waals surface area contributed by atoms with Crippen molar-refractivity contribution >= 4 is 0 Å². The highest BCUT2D eigenvalue weighted by atomic mass is 19.1. The highest BCUT2D eigenvalue weighted by Crippen LogP contribution is 2.12. The molecular formula is C16H27FN2. The summed E-state index contributed by atoms with van der Waals surface area (Å²) in [6.07, 6.45) is 1.09. The Morgan fingerprint density at radius 3 is 2.53 bits per heavy atom. The van der Waals surface area contributed by atoms with Crippen LogP contribution in [0.25, 0.3) is 0 Å². The molecule has 0 amide bonds. The van der Waals surface area contributed by atoms with Gasteiger partial charge < -0.3 is 5.32 Å². The van der Waals surface area contributed by atoms with Crippen molar-refractivity contribution in [2.24, 2.45) is 0 Å². The van der Waals surface area contributed by atoms with Crippen LogP contribution in [-0.4, -0.2) is 30.1 Å². The molecule has 1 aromatic rings. The Hall–Kier alpha value is -0.930. The Labute approximate surface area is 117 Å². The monoisotopic (exact) mass is 266 g/mol. The van der Waals surface area contributed by atoms with Crippen LogP contribution in [0.2, 0.25) is 0 Å². The van der Waals surface area contributed by atoms with Gasteiger partial charge in [-0.15, -0.1) is 0 Å². The zero-order valence-electron chi connectivity index (χ0n) is 12.8. The van der Waals surface area contributed by atoms with E-state index >= 15 is 0 Å². The van der Waals surface area contributed by atoms with Gasteiger partial charge in [-0.1, -0.05) is 25.1 Å². The molecule has 0 aromatic heterocycles. The van der Waals surface area contributed by atoms with E-state index in [4.69, 9.17) is 0 Å². The minimum absolute atomic E-state index is 0.122. The fourth-order valence-electron chi connectivity index (χ4n) is 1.76. The summed E-state index contributed by atoms with van der Waals surface area (Å²) >= 11 is 0. The average molecular weight is 266 g/mol. The molecule has 1 N–H and O–H groups in total. The highest BCUT2D eigenvalue weighted by molar-refractivity contribution is 5.17. The molecule has 0 saturated heterocycles. The molecule has 0 aliphatic rings. The smallest absolute Gasteiger partial charge is 0.127 e. The maximum Gasteiger partial charge on any atom is 0.127 e. The van der Waals surface area contributed by atoms with Crippen molar-refractivity contribution in [3.05, 3.63) is 35.6 Å². The molecule has 0 saturated carbocycles. The fourth-order valence-corrected chi connectivity index (χ4v) is 1.76. The van der Waals surface area contributed by atoms with Crippen molar-refractivity contribution in [3.8, 4) is 0 Å². The van der Waals surface area contributed by atoms with E-state index < -0.39 is 0 Å². The van der Waals surface area contributed by atoms with E-state index in [1.165, 1.54) is 6.07 Å². The second-order valence-electron chi connectivity index (χ2n) is 5.97. The molecule has 0 heterocycles. The maximum absolute atomic E-state index is 13.6. The lowest BCUT2D eigenvalue weighted by atomic mass is 10.0. The first-order chi connectivity index (χ1) is 8.85. The van der Waals surface area contributed by atoms with Gasteiger partial charge in [-0.3, -0.25) is 4.90 Å². The van der Waals surface area contributed by atoms with Crippen molar-refractivity contribution in [1.29, 1.82) is 0 Å². The van der Waals surface area contributed by atoms with Gasteiger partial charge in [-0.25, -0.2) is 4.39 Å². The fraction of sp³-hybridized carbons (Fsp3) is 0.625. The number of likely N-dealkylation sites (N-methyl/N-ethyl adjacent to an activating group) is 1. The van der Waals surface area contributed by atoms with Gasteiger partial charge >= 0.3 is 0 Å². The van der Waals surface area contributed by atoms with Crippen LogP contribution < -0.4 is 5.32 Å². The van der Waals surface area contributed by atoms with Gasteiger partial charge in [0.05, 0.1) is 0 Å². The van der Waals surface area contributed by atoms with Crippen LogP contribution in [0.1, 0.15) is 39.7 Å². The molecule has 1 unspecified atom stereocenters. The first kappa shape index (κ1) is 16.1. The maximum atomic E-state index is 13.6.